The summed E-state index contributed by atoms with van der Waals surface area (Å²) in [5, 5.41) is 3.37. The molecule has 1 aliphatic heterocycles. The molecule has 1 unspecified atom stereocenters. The second kappa shape index (κ2) is 7.62. The minimum Gasteiger partial charge on any atom is -0.378 e. The third-order valence-electron chi connectivity index (χ3n) is 8.53. The van der Waals surface area contributed by atoms with Crippen molar-refractivity contribution in [3.05, 3.63) is 0 Å². The second-order valence-electron chi connectivity index (χ2n) is 10.5. The predicted octanol–water partition coefficient (Wildman–Crippen LogP) is 3.13. The van der Waals surface area contributed by atoms with E-state index in [1.165, 1.54) is 25.7 Å². The lowest BCUT2D eigenvalue weighted by Crippen LogP contribution is -2.63. The third-order valence-corrected chi connectivity index (χ3v) is 8.53. The van der Waals surface area contributed by atoms with Gasteiger partial charge in [-0.3, -0.25) is 9.59 Å². The van der Waals surface area contributed by atoms with E-state index in [-0.39, 0.29) is 29.2 Å². The van der Waals surface area contributed by atoms with Crippen LogP contribution in [0.25, 0.3) is 0 Å². The number of carbonyl (C=O) groups is 2. The Kier molecular flexibility index (Phi) is 5.14. The van der Waals surface area contributed by atoms with Crippen molar-refractivity contribution in [2.45, 2.75) is 76.7 Å². The molecule has 156 valence electrons. The average molecular weight is 389 g/mol. The van der Waals surface area contributed by atoms with E-state index < -0.39 is 0 Å². The van der Waals surface area contributed by atoms with Crippen molar-refractivity contribution in [1.29, 1.82) is 0 Å². The molecule has 6 fully saturated rings. The minimum atomic E-state index is -0.312. The largest absolute Gasteiger partial charge is 0.378 e. The van der Waals surface area contributed by atoms with Crippen LogP contribution in [0.5, 0.6) is 0 Å². The fourth-order valence-corrected chi connectivity index (χ4v) is 7.60. The summed E-state index contributed by atoms with van der Waals surface area (Å²) in [4.78, 5) is 28.8. The lowest BCUT2D eigenvalue weighted by Gasteiger charge is -2.59. The molecule has 5 nitrogen and oxygen atoms in total. The summed E-state index contributed by atoms with van der Waals surface area (Å²) in [7, 11) is 0. The molecule has 1 atom stereocenters. The molecule has 5 saturated carbocycles. The van der Waals surface area contributed by atoms with Crippen LogP contribution in [0.1, 0.15) is 70.6 Å². The standard InChI is InChI=1S/C23H36N2O3/c26-21(19-4-2-1-3-5-19)24-20(22(27)25-6-8-28-9-7-25)23-13-16-10-17(14-23)12-18(11-16)15-23/h16-20H,1-15H2,(H,24,26). The van der Waals surface area contributed by atoms with Crippen molar-refractivity contribution < 1.29 is 14.3 Å². The molecule has 0 spiro atoms. The minimum absolute atomic E-state index is 0.00840. The van der Waals surface area contributed by atoms with Crippen LogP contribution < -0.4 is 5.32 Å². The topological polar surface area (TPSA) is 58.6 Å². The summed E-state index contributed by atoms with van der Waals surface area (Å²) >= 11 is 0. The van der Waals surface area contributed by atoms with Crippen LogP contribution in [0.15, 0.2) is 0 Å². The van der Waals surface area contributed by atoms with Crippen molar-refractivity contribution in [3.8, 4) is 0 Å². The van der Waals surface area contributed by atoms with Crippen molar-refractivity contribution in [2.24, 2.45) is 29.1 Å². The van der Waals surface area contributed by atoms with E-state index in [1.807, 2.05) is 4.90 Å². The van der Waals surface area contributed by atoms with Gasteiger partial charge in [0.1, 0.15) is 6.04 Å². The number of hydrogen-bond acceptors (Lipinski definition) is 3. The van der Waals surface area contributed by atoms with Crippen molar-refractivity contribution >= 4 is 11.8 Å². The smallest absolute Gasteiger partial charge is 0.245 e. The molecule has 6 rings (SSSR count). The van der Waals surface area contributed by atoms with Gasteiger partial charge in [0.25, 0.3) is 0 Å². The molecule has 5 aliphatic carbocycles. The summed E-state index contributed by atoms with van der Waals surface area (Å²) in [6, 6.07) is -0.312. The Labute approximate surface area is 168 Å². The SMILES string of the molecule is O=C(NC(C(=O)N1CCOCC1)C12CC3CC(CC(C3)C1)C2)C1CCCCC1. The van der Waals surface area contributed by atoms with Gasteiger partial charge in [-0.15, -0.1) is 0 Å². The van der Waals surface area contributed by atoms with E-state index in [0.29, 0.717) is 26.3 Å². The fraction of sp³-hybridized carbons (Fsp3) is 0.913. The summed E-state index contributed by atoms with van der Waals surface area (Å²) in [6.45, 7) is 2.58. The maximum absolute atomic E-state index is 13.7. The molecule has 1 saturated heterocycles. The molecular weight excluding hydrogens is 352 g/mol. The molecule has 0 aromatic rings. The monoisotopic (exact) mass is 388 g/mol. The molecule has 28 heavy (non-hydrogen) atoms. The van der Waals surface area contributed by atoms with E-state index >= 15 is 0 Å². The van der Waals surface area contributed by atoms with Crippen LogP contribution in [-0.4, -0.2) is 49.1 Å². The fourth-order valence-electron chi connectivity index (χ4n) is 7.60. The van der Waals surface area contributed by atoms with Crippen LogP contribution in [0.4, 0.5) is 0 Å². The van der Waals surface area contributed by atoms with Crippen molar-refractivity contribution in [3.63, 3.8) is 0 Å². The third kappa shape index (κ3) is 3.48. The molecule has 4 bridgehead atoms. The predicted molar refractivity (Wildman–Crippen MR) is 107 cm³/mol. The van der Waals surface area contributed by atoms with Gasteiger partial charge in [0.2, 0.25) is 11.8 Å². The van der Waals surface area contributed by atoms with E-state index in [0.717, 1.165) is 62.7 Å². The first-order valence-corrected chi connectivity index (χ1v) is 11.8. The molecule has 1 N–H and O–H groups in total. The zero-order valence-corrected chi connectivity index (χ0v) is 17.2. The Hall–Kier alpha value is -1.10. The van der Waals surface area contributed by atoms with E-state index in [1.54, 1.807) is 0 Å². The molecule has 1 heterocycles. The molecule has 0 radical (unpaired) electrons. The molecule has 0 aromatic carbocycles. The number of nitrogens with zero attached hydrogens (tertiary/aromatic N) is 1. The first kappa shape index (κ1) is 18.9. The lowest BCUT2D eigenvalue weighted by atomic mass is 9.47. The Balaban J connectivity index is 1.39. The highest BCUT2D eigenvalue weighted by molar-refractivity contribution is 5.89. The summed E-state index contributed by atoms with van der Waals surface area (Å²) in [5.74, 6) is 2.77. The number of morpholine rings is 1. The second-order valence-corrected chi connectivity index (χ2v) is 10.5. The van der Waals surface area contributed by atoms with Gasteiger partial charge in [0.05, 0.1) is 13.2 Å². The first-order valence-electron chi connectivity index (χ1n) is 11.8. The van der Waals surface area contributed by atoms with Crippen LogP contribution in [0.2, 0.25) is 0 Å². The van der Waals surface area contributed by atoms with Crippen LogP contribution in [0.3, 0.4) is 0 Å². The van der Waals surface area contributed by atoms with Gasteiger partial charge < -0.3 is 15.0 Å². The van der Waals surface area contributed by atoms with E-state index in [9.17, 15) is 9.59 Å². The normalized spacial score (nSPS) is 39.0. The Morgan fingerprint density at radius 2 is 1.46 bits per heavy atom. The zero-order chi connectivity index (χ0) is 19.1. The number of rotatable bonds is 4. The maximum atomic E-state index is 13.7. The quantitative estimate of drug-likeness (QED) is 0.805. The van der Waals surface area contributed by atoms with E-state index in [4.69, 9.17) is 4.74 Å². The summed E-state index contributed by atoms with van der Waals surface area (Å²) in [5.41, 5.74) is 0.00840. The Morgan fingerprint density at radius 3 is 2.04 bits per heavy atom. The van der Waals surface area contributed by atoms with Crippen molar-refractivity contribution in [1.82, 2.24) is 10.2 Å². The average Bonchev–Trinajstić information content (AvgIpc) is 2.71. The molecule has 2 amide bonds. The highest BCUT2D eigenvalue weighted by Crippen LogP contribution is 2.61. The highest BCUT2D eigenvalue weighted by atomic mass is 16.5. The number of ether oxygens (including phenoxy) is 1. The van der Waals surface area contributed by atoms with Gasteiger partial charge in [-0.1, -0.05) is 19.3 Å². The lowest BCUT2D eigenvalue weighted by molar-refractivity contribution is -0.153. The summed E-state index contributed by atoms with van der Waals surface area (Å²) < 4.78 is 5.47. The van der Waals surface area contributed by atoms with Crippen LogP contribution in [0, 0.1) is 29.1 Å². The van der Waals surface area contributed by atoms with Gasteiger partial charge in [-0.2, -0.15) is 0 Å². The van der Waals surface area contributed by atoms with Crippen LogP contribution >= 0.6 is 0 Å². The molecule has 5 heteroatoms. The molecule has 0 aromatic heterocycles. The van der Waals surface area contributed by atoms with Gasteiger partial charge in [0.15, 0.2) is 0 Å². The van der Waals surface area contributed by atoms with Crippen LogP contribution in [-0.2, 0) is 14.3 Å². The van der Waals surface area contributed by atoms with Gasteiger partial charge >= 0.3 is 0 Å². The number of hydrogen-bond donors (Lipinski definition) is 1. The maximum Gasteiger partial charge on any atom is 0.245 e. The number of nitrogens with one attached hydrogen (secondary N) is 1. The Morgan fingerprint density at radius 1 is 0.893 bits per heavy atom. The van der Waals surface area contributed by atoms with Gasteiger partial charge in [-0.25, -0.2) is 0 Å². The van der Waals surface area contributed by atoms with Gasteiger partial charge in [0, 0.05) is 24.4 Å². The first-order chi connectivity index (χ1) is 13.6. The molecule has 6 aliphatic rings. The number of carbonyl (C=O) groups excluding carboxylic acids is 2. The van der Waals surface area contributed by atoms with Gasteiger partial charge in [-0.05, 0) is 69.1 Å². The highest BCUT2D eigenvalue weighted by Gasteiger charge is 2.57. The summed E-state index contributed by atoms with van der Waals surface area (Å²) in [6.07, 6.45) is 13.0. The molecular formula is C23H36N2O3. The van der Waals surface area contributed by atoms with E-state index in [2.05, 4.69) is 5.32 Å². The zero-order valence-electron chi connectivity index (χ0n) is 17.2. The number of amides is 2. The Bertz CT molecular complexity index is 572. The van der Waals surface area contributed by atoms with Crippen molar-refractivity contribution in [2.75, 3.05) is 26.3 Å².